The largest absolute Gasteiger partial charge is 0.294 e. The topological polar surface area (TPSA) is 64.4 Å². The molecule has 3 saturated heterocycles. The van der Waals surface area contributed by atoms with Crippen molar-refractivity contribution in [3.05, 3.63) is 35.4 Å². The number of fused-ring (bicyclic) bond motifs is 4. The molecule has 0 saturated carbocycles. The minimum absolute atomic E-state index is 0.277. The van der Waals surface area contributed by atoms with Crippen molar-refractivity contribution in [2.24, 2.45) is 5.92 Å². The molecule has 1 aromatic rings. The minimum atomic E-state index is -3.12. The number of hydrogen-bond donors (Lipinski definition) is 0. The van der Waals surface area contributed by atoms with Crippen molar-refractivity contribution in [2.45, 2.75) is 25.4 Å². The molecule has 0 radical (unpaired) electrons. The Morgan fingerprint density at radius 1 is 1.27 bits per heavy atom. The van der Waals surface area contributed by atoms with Gasteiger partial charge in [0.15, 0.2) is 0 Å². The van der Waals surface area contributed by atoms with Crippen LogP contribution in [0.15, 0.2) is 24.3 Å². The molecule has 118 valence electrons. The molecule has 3 heterocycles. The summed E-state index contributed by atoms with van der Waals surface area (Å²) in [7, 11) is -3.12. The lowest BCUT2D eigenvalue weighted by molar-refractivity contribution is 0.125. The molecule has 0 amide bonds. The first-order valence-electron chi connectivity index (χ1n) is 7.64. The molecular weight excluding hydrogens is 298 g/mol. The fraction of sp³-hybridized carbons (Fsp3) is 0.562. The SMILES string of the molecule is CS(=O)(=O)N1C[C@@H]2CC[C@H](C1)N(Cc1cccc(C#N)c1)C2. The van der Waals surface area contributed by atoms with Gasteiger partial charge in [-0.2, -0.15) is 5.26 Å². The van der Waals surface area contributed by atoms with Gasteiger partial charge in [-0.25, -0.2) is 12.7 Å². The summed E-state index contributed by atoms with van der Waals surface area (Å²) in [6.45, 7) is 2.96. The monoisotopic (exact) mass is 319 g/mol. The van der Waals surface area contributed by atoms with E-state index in [-0.39, 0.29) is 6.04 Å². The van der Waals surface area contributed by atoms with E-state index in [4.69, 9.17) is 5.26 Å². The van der Waals surface area contributed by atoms with Gasteiger partial charge in [0.2, 0.25) is 10.0 Å². The van der Waals surface area contributed by atoms with Crippen LogP contribution in [0.25, 0.3) is 0 Å². The van der Waals surface area contributed by atoms with Gasteiger partial charge in [-0.3, -0.25) is 4.90 Å². The van der Waals surface area contributed by atoms with Crippen LogP contribution in [0.3, 0.4) is 0 Å². The maximum Gasteiger partial charge on any atom is 0.211 e. The van der Waals surface area contributed by atoms with E-state index in [2.05, 4.69) is 11.0 Å². The van der Waals surface area contributed by atoms with Gasteiger partial charge >= 0.3 is 0 Å². The van der Waals surface area contributed by atoms with Crippen LogP contribution >= 0.6 is 0 Å². The second kappa shape index (κ2) is 5.99. The van der Waals surface area contributed by atoms with Crippen LogP contribution in [0.1, 0.15) is 24.0 Å². The lowest BCUT2D eigenvalue weighted by atomic mass is 9.94. The molecule has 3 fully saturated rings. The zero-order valence-electron chi connectivity index (χ0n) is 12.8. The summed E-state index contributed by atoms with van der Waals surface area (Å²) in [5.74, 6) is 0.410. The number of rotatable bonds is 3. The van der Waals surface area contributed by atoms with E-state index < -0.39 is 10.0 Å². The Labute approximate surface area is 132 Å². The normalized spacial score (nSPS) is 26.5. The molecule has 0 unspecified atom stereocenters. The molecule has 0 N–H and O–H groups in total. The molecule has 3 aliphatic heterocycles. The van der Waals surface area contributed by atoms with Crippen LogP contribution in [0.5, 0.6) is 0 Å². The summed E-state index contributed by atoms with van der Waals surface area (Å²) in [5.41, 5.74) is 1.80. The van der Waals surface area contributed by atoms with E-state index in [1.807, 2.05) is 24.3 Å². The van der Waals surface area contributed by atoms with Gasteiger partial charge < -0.3 is 0 Å². The zero-order chi connectivity index (χ0) is 15.7. The third kappa shape index (κ3) is 3.32. The summed E-state index contributed by atoms with van der Waals surface area (Å²) in [4.78, 5) is 2.38. The second-order valence-corrected chi connectivity index (χ2v) is 8.40. The highest BCUT2D eigenvalue weighted by atomic mass is 32.2. The number of hydrogen-bond acceptors (Lipinski definition) is 4. The Morgan fingerprint density at radius 3 is 2.82 bits per heavy atom. The second-order valence-electron chi connectivity index (χ2n) is 6.42. The van der Waals surface area contributed by atoms with E-state index in [1.165, 1.54) is 6.26 Å². The van der Waals surface area contributed by atoms with Crippen molar-refractivity contribution in [3.8, 4) is 6.07 Å². The van der Waals surface area contributed by atoms with Gasteiger partial charge in [0, 0.05) is 32.2 Å². The standard InChI is InChI=1S/C16H21N3O2S/c1-22(20,21)19-11-15-5-6-16(12-19)18(10-15)9-14-4-2-3-13(7-14)8-17/h2-4,7,15-16H,5-6,9-12H2,1H3/t15-,16-/m1/s1. The molecule has 22 heavy (non-hydrogen) atoms. The van der Waals surface area contributed by atoms with Crippen molar-refractivity contribution in [1.82, 2.24) is 9.21 Å². The average molecular weight is 319 g/mol. The first kappa shape index (κ1) is 15.5. The molecular formula is C16H21N3O2S. The van der Waals surface area contributed by atoms with Crippen LogP contribution in [0.4, 0.5) is 0 Å². The summed E-state index contributed by atoms with van der Waals surface area (Å²) in [5, 5.41) is 9.01. The summed E-state index contributed by atoms with van der Waals surface area (Å²) in [6, 6.07) is 10.1. The Kier molecular flexibility index (Phi) is 4.22. The van der Waals surface area contributed by atoms with Crippen molar-refractivity contribution in [2.75, 3.05) is 25.9 Å². The molecule has 1 aromatic carbocycles. The lowest BCUT2D eigenvalue weighted by Gasteiger charge is -2.36. The Morgan fingerprint density at radius 2 is 2.09 bits per heavy atom. The Bertz CT molecular complexity index is 696. The van der Waals surface area contributed by atoms with Crippen molar-refractivity contribution in [3.63, 3.8) is 0 Å². The quantitative estimate of drug-likeness (QED) is 0.845. The average Bonchev–Trinajstić information content (AvgIpc) is 2.79. The summed E-state index contributed by atoms with van der Waals surface area (Å²) >= 11 is 0. The van der Waals surface area contributed by atoms with Gasteiger partial charge in [0.05, 0.1) is 17.9 Å². The third-order valence-electron chi connectivity index (χ3n) is 4.70. The Balaban J connectivity index is 1.77. The number of benzene rings is 1. The maximum absolute atomic E-state index is 11.9. The minimum Gasteiger partial charge on any atom is -0.294 e. The lowest BCUT2D eigenvalue weighted by Crippen LogP contribution is -2.43. The fourth-order valence-corrected chi connectivity index (χ4v) is 4.50. The van der Waals surface area contributed by atoms with Crippen molar-refractivity contribution < 1.29 is 8.42 Å². The van der Waals surface area contributed by atoms with Crippen LogP contribution in [0.2, 0.25) is 0 Å². The van der Waals surface area contributed by atoms with E-state index >= 15 is 0 Å². The Hall–Kier alpha value is -1.42. The highest BCUT2D eigenvalue weighted by Gasteiger charge is 2.37. The smallest absolute Gasteiger partial charge is 0.211 e. The van der Waals surface area contributed by atoms with Gasteiger partial charge in [-0.15, -0.1) is 0 Å². The van der Waals surface area contributed by atoms with E-state index in [9.17, 15) is 8.42 Å². The molecule has 0 aliphatic carbocycles. The molecule has 4 rings (SSSR count). The number of piperidine rings is 1. The number of nitrogens with zero attached hydrogens (tertiary/aromatic N) is 3. The summed E-state index contributed by atoms with van der Waals surface area (Å²) < 4.78 is 25.4. The van der Waals surface area contributed by atoms with Gasteiger partial charge in [-0.1, -0.05) is 12.1 Å². The molecule has 3 aliphatic rings. The molecule has 0 spiro atoms. The zero-order valence-corrected chi connectivity index (χ0v) is 13.6. The third-order valence-corrected chi connectivity index (χ3v) is 5.94. The molecule has 6 heteroatoms. The number of sulfonamides is 1. The predicted octanol–water partition coefficient (Wildman–Crippen LogP) is 1.41. The van der Waals surface area contributed by atoms with Crippen molar-refractivity contribution in [1.29, 1.82) is 5.26 Å². The molecule has 2 bridgehead atoms. The fourth-order valence-electron chi connectivity index (χ4n) is 3.57. The maximum atomic E-state index is 11.9. The molecule has 0 aromatic heterocycles. The predicted molar refractivity (Wildman–Crippen MR) is 84.5 cm³/mol. The molecule has 2 atom stereocenters. The van der Waals surface area contributed by atoms with E-state index in [0.717, 1.165) is 31.5 Å². The van der Waals surface area contributed by atoms with E-state index in [0.29, 0.717) is 24.6 Å². The van der Waals surface area contributed by atoms with Gasteiger partial charge in [0.25, 0.3) is 0 Å². The first-order valence-corrected chi connectivity index (χ1v) is 9.49. The van der Waals surface area contributed by atoms with Crippen molar-refractivity contribution >= 4 is 10.0 Å². The highest BCUT2D eigenvalue weighted by Crippen LogP contribution is 2.30. The van der Waals surface area contributed by atoms with Crippen LogP contribution < -0.4 is 0 Å². The van der Waals surface area contributed by atoms with Gasteiger partial charge in [-0.05, 0) is 36.5 Å². The molecule has 5 nitrogen and oxygen atoms in total. The van der Waals surface area contributed by atoms with Crippen LogP contribution in [-0.4, -0.2) is 49.6 Å². The van der Waals surface area contributed by atoms with Crippen LogP contribution in [0, 0.1) is 17.2 Å². The first-order chi connectivity index (χ1) is 10.5. The summed E-state index contributed by atoms with van der Waals surface area (Å²) in [6.07, 6.45) is 3.46. The highest BCUT2D eigenvalue weighted by molar-refractivity contribution is 7.88. The number of nitriles is 1. The van der Waals surface area contributed by atoms with E-state index in [1.54, 1.807) is 4.31 Å². The van der Waals surface area contributed by atoms with Gasteiger partial charge in [0.1, 0.15) is 0 Å². The van der Waals surface area contributed by atoms with Crippen LogP contribution in [-0.2, 0) is 16.6 Å².